The van der Waals surface area contributed by atoms with Crippen LogP contribution in [0.1, 0.15) is 32.3 Å². The molecule has 2 rings (SSSR count). The molecular formula is C17H28N4O3. The lowest BCUT2D eigenvalue weighted by Crippen LogP contribution is -2.47. The lowest BCUT2D eigenvalue weighted by Gasteiger charge is -2.32. The smallest absolute Gasteiger partial charge is 0.290 e. The van der Waals surface area contributed by atoms with Gasteiger partial charge in [-0.2, -0.15) is 5.10 Å². The molecule has 0 unspecified atom stereocenters. The zero-order chi connectivity index (χ0) is 18.1. The van der Waals surface area contributed by atoms with Crippen molar-refractivity contribution in [2.24, 2.45) is 7.05 Å². The molecule has 1 fully saturated rings. The Balaban J connectivity index is 0.000000891. The Morgan fingerprint density at radius 2 is 2.25 bits per heavy atom. The van der Waals surface area contributed by atoms with Gasteiger partial charge in [0.15, 0.2) is 0 Å². The van der Waals surface area contributed by atoms with Gasteiger partial charge in [-0.25, -0.2) is 0 Å². The molecule has 1 aromatic heterocycles. The van der Waals surface area contributed by atoms with E-state index in [1.165, 1.54) is 0 Å². The van der Waals surface area contributed by atoms with Crippen molar-refractivity contribution in [2.75, 3.05) is 13.1 Å². The lowest BCUT2D eigenvalue weighted by molar-refractivity contribution is -0.138. The molecule has 1 atom stereocenters. The largest absolute Gasteiger partial charge is 0.483 e. The third kappa shape index (κ3) is 5.49. The summed E-state index contributed by atoms with van der Waals surface area (Å²) in [5.74, 6) is 0.230. The quantitative estimate of drug-likeness (QED) is 0.629. The second-order valence-electron chi connectivity index (χ2n) is 6.13. The van der Waals surface area contributed by atoms with Crippen molar-refractivity contribution in [3.8, 4) is 0 Å². The van der Waals surface area contributed by atoms with Crippen LogP contribution in [0, 0.1) is 0 Å². The van der Waals surface area contributed by atoms with E-state index in [0.29, 0.717) is 6.54 Å². The molecule has 7 nitrogen and oxygen atoms in total. The number of aryl methyl sites for hydroxylation is 1. The zero-order valence-corrected chi connectivity index (χ0v) is 14.8. The second kappa shape index (κ2) is 9.87. The van der Waals surface area contributed by atoms with Crippen LogP contribution in [0.15, 0.2) is 25.0 Å². The van der Waals surface area contributed by atoms with Crippen molar-refractivity contribution < 1.29 is 14.7 Å². The summed E-state index contributed by atoms with van der Waals surface area (Å²) < 4.78 is 1.78. The number of amides is 1. The number of hydrogen-bond acceptors (Lipinski definition) is 4. The number of carboxylic acid groups (broad SMARTS) is 1. The van der Waals surface area contributed by atoms with Gasteiger partial charge in [0.05, 0.1) is 12.2 Å². The maximum absolute atomic E-state index is 12.9. The minimum Gasteiger partial charge on any atom is -0.483 e. The van der Waals surface area contributed by atoms with Gasteiger partial charge in [0, 0.05) is 37.9 Å². The molecule has 1 amide bonds. The van der Waals surface area contributed by atoms with Crippen LogP contribution in [0.5, 0.6) is 0 Å². The summed E-state index contributed by atoms with van der Waals surface area (Å²) in [7, 11) is 1.90. The molecule has 0 aromatic carbocycles. The number of nitrogens with zero attached hydrogens (tertiary/aromatic N) is 4. The van der Waals surface area contributed by atoms with Crippen LogP contribution in [-0.4, -0.2) is 62.2 Å². The predicted octanol–water partition coefficient (Wildman–Crippen LogP) is 1.51. The molecule has 0 saturated carbocycles. The maximum Gasteiger partial charge on any atom is 0.290 e. The van der Waals surface area contributed by atoms with Crippen molar-refractivity contribution in [1.29, 1.82) is 0 Å². The van der Waals surface area contributed by atoms with Gasteiger partial charge in [-0.1, -0.05) is 6.08 Å². The summed E-state index contributed by atoms with van der Waals surface area (Å²) in [6.07, 6.45) is 7.72. The minimum atomic E-state index is -0.250. The first-order valence-electron chi connectivity index (χ1n) is 8.15. The first-order valence-corrected chi connectivity index (χ1v) is 8.15. The van der Waals surface area contributed by atoms with Gasteiger partial charge in [-0.05, 0) is 33.2 Å². The Labute approximate surface area is 143 Å². The summed E-state index contributed by atoms with van der Waals surface area (Å²) in [5, 5.41) is 11.1. The molecule has 1 aromatic rings. The second-order valence-corrected chi connectivity index (χ2v) is 6.13. The average molecular weight is 336 g/mol. The molecule has 24 heavy (non-hydrogen) atoms. The Kier molecular flexibility index (Phi) is 8.18. The molecule has 1 saturated heterocycles. The summed E-state index contributed by atoms with van der Waals surface area (Å²) in [5.41, 5.74) is 1.08. The van der Waals surface area contributed by atoms with Crippen LogP contribution in [0.2, 0.25) is 0 Å². The highest BCUT2D eigenvalue weighted by Crippen LogP contribution is 2.21. The van der Waals surface area contributed by atoms with Gasteiger partial charge < -0.3 is 10.0 Å². The van der Waals surface area contributed by atoms with Gasteiger partial charge in [0.25, 0.3) is 6.47 Å². The number of aromatic nitrogens is 2. The van der Waals surface area contributed by atoms with Gasteiger partial charge in [0.1, 0.15) is 0 Å². The van der Waals surface area contributed by atoms with E-state index in [2.05, 4.69) is 30.4 Å². The monoisotopic (exact) mass is 336 g/mol. The van der Waals surface area contributed by atoms with Crippen molar-refractivity contribution in [1.82, 2.24) is 19.6 Å². The van der Waals surface area contributed by atoms with Gasteiger partial charge >= 0.3 is 0 Å². The molecule has 1 N–H and O–H groups in total. The number of rotatable bonds is 6. The standard InChI is InChI=1S/C16H26N4O.CH2O2/c1-5-8-19-9-6-7-15(19)16(21)20(13(2)3)12-14-10-17-18(4)11-14;2-1-3/h5,10-11,13,15H,1,6-9,12H2,2-4H3;1H,(H,2,3)/t15-;/m0./s1. The number of hydrogen-bond donors (Lipinski definition) is 1. The van der Waals surface area contributed by atoms with Crippen molar-refractivity contribution in [3.63, 3.8) is 0 Å². The maximum atomic E-state index is 12.9. The first kappa shape index (κ1) is 19.9. The summed E-state index contributed by atoms with van der Waals surface area (Å²) >= 11 is 0. The molecule has 1 aliphatic heterocycles. The van der Waals surface area contributed by atoms with Crippen molar-refractivity contribution >= 4 is 12.4 Å². The first-order chi connectivity index (χ1) is 11.4. The minimum absolute atomic E-state index is 0.00192. The van der Waals surface area contributed by atoms with E-state index in [1.807, 2.05) is 30.4 Å². The molecule has 134 valence electrons. The summed E-state index contributed by atoms with van der Waals surface area (Å²) in [4.78, 5) is 25.5. The number of carbonyl (C=O) groups is 2. The number of carbonyl (C=O) groups excluding carboxylic acids is 1. The van der Waals surface area contributed by atoms with Crippen LogP contribution in [0.4, 0.5) is 0 Å². The van der Waals surface area contributed by atoms with E-state index < -0.39 is 0 Å². The van der Waals surface area contributed by atoms with E-state index in [0.717, 1.165) is 31.5 Å². The normalized spacial score (nSPS) is 17.2. The van der Waals surface area contributed by atoms with E-state index in [9.17, 15) is 4.79 Å². The molecule has 1 aliphatic rings. The fourth-order valence-electron chi connectivity index (χ4n) is 2.95. The SMILES string of the molecule is C=CCN1CCC[C@H]1C(=O)N(Cc1cnn(C)c1)C(C)C.O=CO. The van der Waals surface area contributed by atoms with Crippen molar-refractivity contribution in [2.45, 2.75) is 45.3 Å². The van der Waals surface area contributed by atoms with E-state index in [1.54, 1.807) is 4.68 Å². The molecule has 7 heteroatoms. The zero-order valence-electron chi connectivity index (χ0n) is 14.8. The van der Waals surface area contributed by atoms with E-state index >= 15 is 0 Å². The molecule has 2 heterocycles. The fourth-order valence-corrected chi connectivity index (χ4v) is 2.95. The summed E-state index contributed by atoms with van der Waals surface area (Å²) in [6.45, 7) is 10.1. The molecule has 0 aliphatic carbocycles. The van der Waals surface area contributed by atoms with Crippen LogP contribution in [0.3, 0.4) is 0 Å². The number of likely N-dealkylation sites (tertiary alicyclic amines) is 1. The van der Waals surface area contributed by atoms with E-state index in [4.69, 9.17) is 9.90 Å². The van der Waals surface area contributed by atoms with Crippen LogP contribution < -0.4 is 0 Å². The van der Waals surface area contributed by atoms with E-state index in [-0.39, 0.29) is 24.5 Å². The fraction of sp³-hybridized carbons (Fsp3) is 0.588. The van der Waals surface area contributed by atoms with Gasteiger partial charge in [-0.15, -0.1) is 6.58 Å². The Morgan fingerprint density at radius 1 is 1.58 bits per heavy atom. The highest BCUT2D eigenvalue weighted by molar-refractivity contribution is 5.82. The molecule has 0 bridgehead atoms. The Bertz CT molecular complexity index is 542. The Morgan fingerprint density at radius 3 is 2.75 bits per heavy atom. The topological polar surface area (TPSA) is 78.7 Å². The molecule has 0 radical (unpaired) electrons. The Hall–Kier alpha value is -2.15. The lowest BCUT2D eigenvalue weighted by atomic mass is 10.1. The third-order valence-corrected chi connectivity index (χ3v) is 4.03. The highest BCUT2D eigenvalue weighted by atomic mass is 16.3. The summed E-state index contributed by atoms with van der Waals surface area (Å²) in [6, 6.07) is 0.186. The van der Waals surface area contributed by atoms with Gasteiger partial charge in [0.2, 0.25) is 5.91 Å². The van der Waals surface area contributed by atoms with Gasteiger partial charge in [-0.3, -0.25) is 19.2 Å². The van der Waals surface area contributed by atoms with Crippen LogP contribution in [-0.2, 0) is 23.2 Å². The van der Waals surface area contributed by atoms with Crippen LogP contribution >= 0.6 is 0 Å². The highest BCUT2D eigenvalue weighted by Gasteiger charge is 2.33. The van der Waals surface area contributed by atoms with Crippen molar-refractivity contribution in [3.05, 3.63) is 30.6 Å². The predicted molar refractivity (Wildman–Crippen MR) is 92.4 cm³/mol. The average Bonchev–Trinajstić information content (AvgIpc) is 3.14. The van der Waals surface area contributed by atoms with Crippen LogP contribution in [0.25, 0.3) is 0 Å². The molecule has 0 spiro atoms. The third-order valence-electron chi connectivity index (χ3n) is 4.03. The molecular weight excluding hydrogens is 308 g/mol.